The van der Waals surface area contributed by atoms with E-state index in [0.29, 0.717) is 24.4 Å². The van der Waals surface area contributed by atoms with Gasteiger partial charge in [-0.1, -0.05) is 26.0 Å². The average Bonchev–Trinajstić information content (AvgIpc) is 2.91. The lowest BCUT2D eigenvalue weighted by molar-refractivity contribution is -0.141. The van der Waals surface area contributed by atoms with E-state index >= 15 is 0 Å². The van der Waals surface area contributed by atoms with Crippen molar-refractivity contribution in [2.45, 2.75) is 38.3 Å². The zero-order valence-corrected chi connectivity index (χ0v) is 12.6. The largest absolute Gasteiger partial charge is 0.480 e. The Hall–Kier alpha value is -1.88. The van der Waals surface area contributed by atoms with Gasteiger partial charge in [-0.15, -0.1) is 0 Å². The smallest absolute Gasteiger partial charge is 0.326 e. The Labute approximate surface area is 124 Å². The number of ether oxygens (including phenoxy) is 1. The lowest BCUT2D eigenvalue weighted by Crippen LogP contribution is -2.40. The second-order valence-electron chi connectivity index (χ2n) is 5.68. The van der Waals surface area contributed by atoms with Gasteiger partial charge in [0.15, 0.2) is 0 Å². The number of carboxylic acids is 1. The van der Waals surface area contributed by atoms with Crippen LogP contribution in [0.2, 0.25) is 0 Å². The van der Waals surface area contributed by atoms with Crippen LogP contribution in [0.3, 0.4) is 0 Å². The average molecular weight is 291 g/mol. The SMILES string of the molecule is COC1CC(C(=O)O)N(C(=O)c2ccc(C(C)C)cc2)C1. The Morgan fingerprint density at radius 1 is 1.29 bits per heavy atom. The standard InChI is InChI=1S/C16H21NO4/c1-10(2)11-4-6-12(7-5-11)15(18)17-9-13(21-3)8-14(17)16(19)20/h4-7,10,13-14H,8-9H2,1-3H3,(H,19,20). The minimum Gasteiger partial charge on any atom is -0.480 e. The number of hydrogen-bond acceptors (Lipinski definition) is 3. The van der Waals surface area contributed by atoms with E-state index in [-0.39, 0.29) is 12.0 Å². The summed E-state index contributed by atoms with van der Waals surface area (Å²) in [6.07, 6.45) is 0.117. The molecule has 1 saturated heterocycles. The van der Waals surface area contributed by atoms with Gasteiger partial charge in [0.1, 0.15) is 6.04 Å². The molecule has 1 aromatic carbocycles. The molecular formula is C16H21NO4. The second-order valence-corrected chi connectivity index (χ2v) is 5.68. The Bertz CT molecular complexity index is 524. The van der Waals surface area contributed by atoms with Crippen molar-refractivity contribution >= 4 is 11.9 Å². The molecule has 0 aromatic heterocycles. The highest BCUT2D eigenvalue weighted by molar-refractivity contribution is 5.97. The molecule has 0 aliphatic carbocycles. The van der Waals surface area contributed by atoms with Crippen molar-refractivity contribution in [2.24, 2.45) is 0 Å². The van der Waals surface area contributed by atoms with Crippen LogP contribution < -0.4 is 0 Å². The van der Waals surface area contributed by atoms with Gasteiger partial charge in [0, 0.05) is 25.6 Å². The molecule has 5 heteroatoms. The summed E-state index contributed by atoms with van der Waals surface area (Å²) in [6.45, 7) is 4.49. The first-order valence-electron chi connectivity index (χ1n) is 7.10. The van der Waals surface area contributed by atoms with E-state index in [2.05, 4.69) is 13.8 Å². The van der Waals surface area contributed by atoms with E-state index in [4.69, 9.17) is 4.74 Å². The maximum atomic E-state index is 12.5. The summed E-state index contributed by atoms with van der Waals surface area (Å²) < 4.78 is 5.20. The van der Waals surface area contributed by atoms with Crippen LogP contribution in [0.1, 0.15) is 42.1 Å². The lowest BCUT2D eigenvalue weighted by atomic mass is 10.0. The number of benzene rings is 1. The van der Waals surface area contributed by atoms with Gasteiger partial charge in [0.25, 0.3) is 5.91 Å². The van der Waals surface area contributed by atoms with Crippen LogP contribution >= 0.6 is 0 Å². The molecule has 114 valence electrons. The number of methoxy groups -OCH3 is 1. The Morgan fingerprint density at radius 2 is 1.90 bits per heavy atom. The van der Waals surface area contributed by atoms with Crippen molar-refractivity contribution in [1.82, 2.24) is 4.90 Å². The molecule has 5 nitrogen and oxygen atoms in total. The van der Waals surface area contributed by atoms with Crippen LogP contribution in [-0.2, 0) is 9.53 Å². The molecule has 1 aromatic rings. The van der Waals surface area contributed by atoms with Gasteiger partial charge in [0.2, 0.25) is 0 Å². The molecule has 1 aliphatic heterocycles. The van der Waals surface area contributed by atoms with Gasteiger partial charge in [-0.2, -0.15) is 0 Å². The van der Waals surface area contributed by atoms with Crippen molar-refractivity contribution in [3.8, 4) is 0 Å². The molecule has 1 heterocycles. The molecule has 2 atom stereocenters. The third-order valence-electron chi connectivity index (χ3n) is 3.97. The first kappa shape index (κ1) is 15.5. The van der Waals surface area contributed by atoms with Gasteiger partial charge in [-0.3, -0.25) is 4.79 Å². The molecule has 2 unspecified atom stereocenters. The van der Waals surface area contributed by atoms with E-state index in [1.165, 1.54) is 12.0 Å². The van der Waals surface area contributed by atoms with Crippen LogP contribution in [0.5, 0.6) is 0 Å². The highest BCUT2D eigenvalue weighted by atomic mass is 16.5. The fraction of sp³-hybridized carbons (Fsp3) is 0.500. The quantitative estimate of drug-likeness (QED) is 0.922. The number of rotatable bonds is 4. The molecule has 0 saturated carbocycles. The summed E-state index contributed by atoms with van der Waals surface area (Å²) in [5.41, 5.74) is 1.67. The molecule has 21 heavy (non-hydrogen) atoms. The Morgan fingerprint density at radius 3 is 2.38 bits per heavy atom. The maximum absolute atomic E-state index is 12.5. The number of amides is 1. The molecule has 1 aliphatic rings. The zero-order valence-electron chi connectivity index (χ0n) is 12.6. The van der Waals surface area contributed by atoms with Gasteiger partial charge < -0.3 is 14.7 Å². The summed E-state index contributed by atoms with van der Waals surface area (Å²) in [7, 11) is 1.54. The minimum absolute atomic E-state index is 0.218. The summed E-state index contributed by atoms with van der Waals surface area (Å²) >= 11 is 0. The van der Waals surface area contributed by atoms with Crippen LogP contribution in [0, 0.1) is 0 Å². The Kier molecular flexibility index (Phi) is 4.63. The molecule has 1 N–H and O–H groups in total. The fourth-order valence-corrected chi connectivity index (χ4v) is 2.60. The lowest BCUT2D eigenvalue weighted by Gasteiger charge is -2.21. The molecule has 0 bridgehead atoms. The number of carbonyl (C=O) groups excluding carboxylic acids is 1. The van der Waals surface area contributed by atoms with Gasteiger partial charge in [0.05, 0.1) is 6.10 Å². The van der Waals surface area contributed by atoms with E-state index in [1.54, 1.807) is 12.1 Å². The van der Waals surface area contributed by atoms with Crippen molar-refractivity contribution in [3.63, 3.8) is 0 Å². The number of carbonyl (C=O) groups is 2. The van der Waals surface area contributed by atoms with Crippen molar-refractivity contribution < 1.29 is 19.4 Å². The molecule has 2 rings (SSSR count). The van der Waals surface area contributed by atoms with E-state index in [9.17, 15) is 14.7 Å². The highest BCUT2D eigenvalue weighted by Gasteiger charge is 2.40. The number of nitrogens with zero attached hydrogens (tertiary/aromatic N) is 1. The molecule has 0 spiro atoms. The zero-order chi connectivity index (χ0) is 15.6. The Balaban J connectivity index is 2.19. The predicted molar refractivity (Wildman–Crippen MR) is 78.4 cm³/mol. The normalized spacial score (nSPS) is 21.8. The van der Waals surface area contributed by atoms with E-state index in [0.717, 1.165) is 5.56 Å². The molecule has 0 radical (unpaired) electrons. The topological polar surface area (TPSA) is 66.8 Å². The molecular weight excluding hydrogens is 270 g/mol. The van der Waals surface area contributed by atoms with Crippen LogP contribution in [0.4, 0.5) is 0 Å². The van der Waals surface area contributed by atoms with Gasteiger partial charge in [-0.25, -0.2) is 4.79 Å². The van der Waals surface area contributed by atoms with Crippen LogP contribution in [0.25, 0.3) is 0 Å². The number of aliphatic carboxylic acids is 1. The second kappa shape index (κ2) is 6.26. The van der Waals surface area contributed by atoms with Crippen LogP contribution in [0.15, 0.2) is 24.3 Å². The fourth-order valence-electron chi connectivity index (χ4n) is 2.60. The van der Waals surface area contributed by atoms with Crippen LogP contribution in [-0.4, -0.2) is 47.7 Å². The van der Waals surface area contributed by atoms with Gasteiger partial charge in [-0.05, 0) is 23.6 Å². The van der Waals surface area contributed by atoms with E-state index < -0.39 is 12.0 Å². The minimum atomic E-state index is -0.985. The summed E-state index contributed by atoms with van der Waals surface area (Å²) in [4.78, 5) is 25.2. The first-order valence-corrected chi connectivity index (χ1v) is 7.10. The summed E-state index contributed by atoms with van der Waals surface area (Å²) in [5.74, 6) is -0.843. The summed E-state index contributed by atoms with van der Waals surface area (Å²) in [6, 6.07) is 6.54. The number of hydrogen-bond donors (Lipinski definition) is 1. The summed E-state index contributed by atoms with van der Waals surface area (Å²) in [5, 5.41) is 9.26. The van der Waals surface area contributed by atoms with Crippen molar-refractivity contribution in [2.75, 3.05) is 13.7 Å². The maximum Gasteiger partial charge on any atom is 0.326 e. The van der Waals surface area contributed by atoms with Crippen molar-refractivity contribution in [3.05, 3.63) is 35.4 Å². The third-order valence-corrected chi connectivity index (χ3v) is 3.97. The van der Waals surface area contributed by atoms with E-state index in [1.807, 2.05) is 12.1 Å². The van der Waals surface area contributed by atoms with Crippen molar-refractivity contribution in [1.29, 1.82) is 0 Å². The molecule has 1 fully saturated rings. The predicted octanol–water partition coefficient (Wildman–Crippen LogP) is 2.12. The molecule has 1 amide bonds. The monoisotopic (exact) mass is 291 g/mol. The van der Waals surface area contributed by atoms with Gasteiger partial charge >= 0.3 is 5.97 Å². The number of carboxylic acid groups (broad SMARTS) is 1. The third kappa shape index (κ3) is 3.24. The first-order chi connectivity index (χ1) is 9.93. The highest BCUT2D eigenvalue weighted by Crippen LogP contribution is 2.23. The number of likely N-dealkylation sites (tertiary alicyclic amines) is 1.